The first-order valence-electron chi connectivity index (χ1n) is 4.14. The summed E-state index contributed by atoms with van der Waals surface area (Å²) >= 11 is 0. The summed E-state index contributed by atoms with van der Waals surface area (Å²) in [7, 11) is 0. The molecule has 1 heterocycles. The van der Waals surface area contributed by atoms with Crippen LogP contribution >= 0.6 is 0 Å². The van der Waals surface area contributed by atoms with Crippen LogP contribution < -0.4 is 5.32 Å². The summed E-state index contributed by atoms with van der Waals surface area (Å²) in [5.41, 5.74) is 0.597. The maximum atomic E-state index is 10.6. The molecule has 0 saturated carbocycles. The highest BCUT2D eigenvalue weighted by molar-refractivity contribution is 5.86. The van der Waals surface area contributed by atoms with Gasteiger partial charge in [0.1, 0.15) is 0 Å². The molecule has 0 bridgehead atoms. The molecule has 4 nitrogen and oxygen atoms in total. The first kappa shape index (κ1) is 10.4. The molecule has 0 amide bonds. The van der Waals surface area contributed by atoms with Crippen molar-refractivity contribution in [2.45, 2.75) is 19.5 Å². The lowest BCUT2D eigenvalue weighted by atomic mass is 10.2. The van der Waals surface area contributed by atoms with Crippen LogP contribution in [0.5, 0.6) is 0 Å². The van der Waals surface area contributed by atoms with Gasteiger partial charge in [-0.3, -0.25) is 5.32 Å². The maximum Gasteiger partial charge on any atom is 0.372 e. The van der Waals surface area contributed by atoms with Crippen LogP contribution in [-0.2, 0) is 6.54 Å². The first-order valence-corrected chi connectivity index (χ1v) is 4.14. The monoisotopic (exact) mass is 193 g/mol. The molecule has 0 spiro atoms. The molecule has 0 saturated heterocycles. The van der Waals surface area contributed by atoms with Crippen LogP contribution in [-0.4, -0.2) is 17.1 Å². The molecule has 14 heavy (non-hydrogen) atoms. The quantitative estimate of drug-likeness (QED) is 0.702. The summed E-state index contributed by atoms with van der Waals surface area (Å²) in [6.07, 6.45) is 6.51. The molecular formula is C10H11NO3. The van der Waals surface area contributed by atoms with Gasteiger partial charge in [0, 0.05) is 12.1 Å². The van der Waals surface area contributed by atoms with Gasteiger partial charge in [0.15, 0.2) is 0 Å². The lowest BCUT2D eigenvalue weighted by molar-refractivity contribution is 0.0660. The van der Waals surface area contributed by atoms with Gasteiger partial charge in [-0.2, -0.15) is 0 Å². The predicted octanol–water partition coefficient (Wildman–Crippen LogP) is 1.09. The molecule has 2 N–H and O–H groups in total. The second-order valence-corrected chi connectivity index (χ2v) is 2.85. The molecular weight excluding hydrogens is 182 g/mol. The van der Waals surface area contributed by atoms with E-state index in [1.54, 1.807) is 6.07 Å². The minimum absolute atomic E-state index is 0.0401. The Bertz CT molecular complexity index is 362. The summed E-state index contributed by atoms with van der Waals surface area (Å²) in [6.45, 7) is 2.21. The number of rotatable bonds is 4. The third-order valence-electron chi connectivity index (χ3n) is 1.79. The summed E-state index contributed by atoms with van der Waals surface area (Å²) in [5.74, 6) is 1.38. The zero-order valence-corrected chi connectivity index (χ0v) is 7.78. The van der Waals surface area contributed by atoms with E-state index in [0.29, 0.717) is 12.1 Å². The van der Waals surface area contributed by atoms with E-state index >= 15 is 0 Å². The van der Waals surface area contributed by atoms with Crippen molar-refractivity contribution >= 4 is 5.97 Å². The summed E-state index contributed by atoms with van der Waals surface area (Å²) < 4.78 is 4.80. The third kappa shape index (κ3) is 2.38. The normalized spacial score (nSPS) is 12.0. The zero-order valence-electron chi connectivity index (χ0n) is 7.78. The van der Waals surface area contributed by atoms with Crippen LogP contribution in [0.4, 0.5) is 0 Å². The zero-order chi connectivity index (χ0) is 10.6. The second kappa shape index (κ2) is 4.49. The SMILES string of the molecule is C#CC(C)NCc1ccoc1C(=O)O. The van der Waals surface area contributed by atoms with Crippen LogP contribution in [0.25, 0.3) is 0 Å². The lowest BCUT2D eigenvalue weighted by Crippen LogP contribution is -2.24. The number of nitrogens with one attached hydrogen (secondary N) is 1. The van der Waals surface area contributed by atoms with Gasteiger partial charge < -0.3 is 9.52 Å². The number of hydrogen-bond acceptors (Lipinski definition) is 3. The largest absolute Gasteiger partial charge is 0.475 e. The highest BCUT2D eigenvalue weighted by Crippen LogP contribution is 2.10. The van der Waals surface area contributed by atoms with Gasteiger partial charge in [0.05, 0.1) is 12.3 Å². The fourth-order valence-electron chi connectivity index (χ4n) is 0.985. The third-order valence-corrected chi connectivity index (χ3v) is 1.79. The van der Waals surface area contributed by atoms with Crippen molar-refractivity contribution in [3.05, 3.63) is 23.7 Å². The van der Waals surface area contributed by atoms with Gasteiger partial charge in [-0.25, -0.2) is 4.79 Å². The number of hydrogen-bond donors (Lipinski definition) is 2. The van der Waals surface area contributed by atoms with E-state index in [-0.39, 0.29) is 11.8 Å². The number of carboxylic acids is 1. The fourth-order valence-corrected chi connectivity index (χ4v) is 0.985. The Labute approximate surface area is 81.9 Å². The Morgan fingerprint density at radius 3 is 3.14 bits per heavy atom. The number of terminal acetylenes is 1. The fraction of sp³-hybridized carbons (Fsp3) is 0.300. The minimum atomic E-state index is -1.07. The average molecular weight is 193 g/mol. The Morgan fingerprint density at radius 1 is 1.86 bits per heavy atom. The highest BCUT2D eigenvalue weighted by atomic mass is 16.4. The van der Waals surface area contributed by atoms with E-state index in [2.05, 4.69) is 11.2 Å². The van der Waals surface area contributed by atoms with Crippen molar-refractivity contribution in [2.24, 2.45) is 0 Å². The molecule has 0 fully saturated rings. The van der Waals surface area contributed by atoms with E-state index in [4.69, 9.17) is 15.9 Å². The van der Waals surface area contributed by atoms with Crippen molar-refractivity contribution < 1.29 is 14.3 Å². The van der Waals surface area contributed by atoms with E-state index in [1.807, 2.05) is 6.92 Å². The molecule has 74 valence electrons. The lowest BCUT2D eigenvalue weighted by Gasteiger charge is -2.05. The Morgan fingerprint density at radius 2 is 2.57 bits per heavy atom. The van der Waals surface area contributed by atoms with Gasteiger partial charge in [-0.05, 0) is 13.0 Å². The van der Waals surface area contributed by atoms with Crippen LogP contribution in [0, 0.1) is 12.3 Å². The van der Waals surface area contributed by atoms with Gasteiger partial charge in [-0.1, -0.05) is 5.92 Å². The van der Waals surface area contributed by atoms with E-state index < -0.39 is 5.97 Å². The highest BCUT2D eigenvalue weighted by Gasteiger charge is 2.13. The number of carbonyl (C=O) groups is 1. The Hall–Kier alpha value is -1.73. The number of aromatic carboxylic acids is 1. The predicted molar refractivity (Wildman–Crippen MR) is 50.8 cm³/mol. The van der Waals surface area contributed by atoms with Gasteiger partial charge >= 0.3 is 5.97 Å². The molecule has 1 rings (SSSR count). The van der Waals surface area contributed by atoms with Crippen molar-refractivity contribution in [1.82, 2.24) is 5.32 Å². The molecule has 0 radical (unpaired) electrons. The van der Waals surface area contributed by atoms with Crippen LogP contribution in [0.1, 0.15) is 23.0 Å². The van der Waals surface area contributed by atoms with E-state index in [9.17, 15) is 4.79 Å². The van der Waals surface area contributed by atoms with E-state index in [0.717, 1.165) is 0 Å². The van der Waals surface area contributed by atoms with Crippen molar-refractivity contribution in [3.63, 3.8) is 0 Å². The maximum absolute atomic E-state index is 10.6. The average Bonchev–Trinajstić information content (AvgIpc) is 2.62. The van der Waals surface area contributed by atoms with Crippen LogP contribution in [0.15, 0.2) is 16.7 Å². The van der Waals surface area contributed by atoms with Crippen molar-refractivity contribution in [2.75, 3.05) is 0 Å². The van der Waals surface area contributed by atoms with Gasteiger partial charge in [-0.15, -0.1) is 6.42 Å². The Balaban J connectivity index is 2.64. The van der Waals surface area contributed by atoms with E-state index in [1.165, 1.54) is 6.26 Å². The van der Waals surface area contributed by atoms with Crippen LogP contribution in [0.3, 0.4) is 0 Å². The smallest absolute Gasteiger partial charge is 0.372 e. The molecule has 4 heteroatoms. The summed E-state index contributed by atoms with van der Waals surface area (Å²) in [5, 5.41) is 11.7. The number of furan rings is 1. The van der Waals surface area contributed by atoms with Crippen LogP contribution in [0.2, 0.25) is 0 Å². The molecule has 1 unspecified atom stereocenters. The van der Waals surface area contributed by atoms with Gasteiger partial charge in [0.2, 0.25) is 5.76 Å². The van der Waals surface area contributed by atoms with Gasteiger partial charge in [0.25, 0.3) is 0 Å². The molecule has 1 atom stereocenters. The number of carboxylic acid groups (broad SMARTS) is 1. The molecule has 0 aliphatic rings. The molecule has 0 aliphatic heterocycles. The van der Waals surface area contributed by atoms with Crippen molar-refractivity contribution in [3.8, 4) is 12.3 Å². The first-order chi connectivity index (χ1) is 6.65. The summed E-state index contributed by atoms with van der Waals surface area (Å²) in [6, 6.07) is 1.52. The standard InChI is InChI=1S/C10H11NO3/c1-3-7(2)11-6-8-4-5-14-9(8)10(12)13/h1,4-5,7,11H,6H2,2H3,(H,12,13). The minimum Gasteiger partial charge on any atom is -0.475 e. The molecule has 0 aliphatic carbocycles. The molecule has 0 aromatic carbocycles. The second-order valence-electron chi connectivity index (χ2n) is 2.85. The molecule has 1 aromatic heterocycles. The molecule has 1 aromatic rings. The summed E-state index contributed by atoms with van der Waals surface area (Å²) in [4.78, 5) is 10.6. The Kier molecular flexibility index (Phi) is 3.32. The topological polar surface area (TPSA) is 62.5 Å². The van der Waals surface area contributed by atoms with Crippen molar-refractivity contribution in [1.29, 1.82) is 0 Å².